The summed E-state index contributed by atoms with van der Waals surface area (Å²) in [5.74, 6) is -0.276. The van der Waals surface area contributed by atoms with E-state index in [9.17, 15) is 9.59 Å². The molecule has 0 aromatic rings. The number of carbonyl (C=O) groups excluding carboxylic acids is 1. The van der Waals surface area contributed by atoms with Crippen LogP contribution in [0.2, 0.25) is 0 Å². The summed E-state index contributed by atoms with van der Waals surface area (Å²) < 4.78 is 11.8. The van der Waals surface area contributed by atoms with Crippen LogP contribution in [0, 0.1) is 5.92 Å². The minimum Gasteiger partial charge on any atom is -0.481 e. The molecule has 0 aromatic heterocycles. The maximum Gasteiger partial charge on any atom is 0.412 e. The number of amides is 1. The van der Waals surface area contributed by atoms with Crippen molar-refractivity contribution in [3.63, 3.8) is 0 Å². The van der Waals surface area contributed by atoms with Crippen molar-refractivity contribution in [3.05, 3.63) is 0 Å². The highest BCUT2D eigenvalue weighted by molar-refractivity contribution is 5.70. The van der Waals surface area contributed by atoms with Crippen LogP contribution in [0.25, 0.3) is 0 Å². The van der Waals surface area contributed by atoms with E-state index in [0.717, 1.165) is 6.42 Å². The second kappa shape index (κ2) is 8.15. The van der Waals surface area contributed by atoms with Gasteiger partial charge in [-0.05, 0) is 53.4 Å². The molecule has 2 atom stereocenters. The van der Waals surface area contributed by atoms with E-state index < -0.39 is 17.3 Å². The summed E-state index contributed by atoms with van der Waals surface area (Å²) in [7, 11) is 0. The molecular weight excluding hydrogens is 334 g/mol. The molecule has 2 aliphatic rings. The van der Waals surface area contributed by atoms with Crippen LogP contribution < -0.4 is 0 Å². The lowest BCUT2D eigenvalue weighted by atomic mass is 9.83. The van der Waals surface area contributed by atoms with Gasteiger partial charge < -0.3 is 14.6 Å². The summed E-state index contributed by atoms with van der Waals surface area (Å²) in [5, 5.41) is 9.08. The van der Waals surface area contributed by atoms with E-state index in [2.05, 4.69) is 0 Å². The fourth-order valence-corrected chi connectivity index (χ4v) is 4.28. The zero-order valence-corrected chi connectivity index (χ0v) is 16.9. The standard InChI is InChI=1S/C20H35NO5/c1-19(2,3)26-18(24)21-15(13-14-9-7-6-8-10-14)16(11-12-17(22)23)25-20(21,4)5/h14-16H,6-13H2,1-5H3,(H,22,23)/t15-,16+/m0/s1. The van der Waals surface area contributed by atoms with Crippen LogP contribution in [-0.4, -0.2) is 45.5 Å². The fraction of sp³-hybridized carbons (Fsp3) is 0.900. The van der Waals surface area contributed by atoms with E-state index in [1.165, 1.54) is 32.1 Å². The Morgan fingerprint density at radius 1 is 1.19 bits per heavy atom. The van der Waals surface area contributed by atoms with Gasteiger partial charge in [-0.3, -0.25) is 9.69 Å². The first-order valence-electron chi connectivity index (χ1n) is 9.91. The minimum atomic E-state index is -0.835. The van der Waals surface area contributed by atoms with Gasteiger partial charge >= 0.3 is 12.1 Å². The summed E-state index contributed by atoms with van der Waals surface area (Å²) in [4.78, 5) is 25.7. The number of carbonyl (C=O) groups is 2. The second-order valence-corrected chi connectivity index (χ2v) is 9.19. The van der Waals surface area contributed by atoms with Gasteiger partial charge in [0.25, 0.3) is 0 Å². The highest BCUT2D eigenvalue weighted by atomic mass is 16.6. The number of nitrogens with zero attached hydrogens (tertiary/aromatic N) is 1. The van der Waals surface area contributed by atoms with Gasteiger partial charge in [-0.15, -0.1) is 0 Å². The number of aliphatic carboxylic acids is 1. The Labute approximate surface area is 157 Å². The van der Waals surface area contributed by atoms with Crippen molar-refractivity contribution < 1.29 is 24.2 Å². The second-order valence-electron chi connectivity index (χ2n) is 9.19. The first kappa shape index (κ1) is 21.0. The molecule has 0 aromatic carbocycles. The third-order valence-electron chi connectivity index (χ3n) is 5.31. The highest BCUT2D eigenvalue weighted by Crippen LogP contribution is 2.40. The van der Waals surface area contributed by atoms with Crippen molar-refractivity contribution >= 4 is 12.1 Å². The topological polar surface area (TPSA) is 76.1 Å². The van der Waals surface area contributed by atoms with Crippen LogP contribution in [0.5, 0.6) is 0 Å². The van der Waals surface area contributed by atoms with Crippen LogP contribution in [0.1, 0.15) is 86.0 Å². The molecule has 1 N–H and O–H groups in total. The number of hydrogen-bond donors (Lipinski definition) is 1. The average molecular weight is 370 g/mol. The predicted molar refractivity (Wildman–Crippen MR) is 98.9 cm³/mol. The number of rotatable bonds is 5. The fourth-order valence-electron chi connectivity index (χ4n) is 4.28. The predicted octanol–water partition coefficient (Wildman–Crippen LogP) is 4.56. The third kappa shape index (κ3) is 5.60. The van der Waals surface area contributed by atoms with Crippen LogP contribution in [-0.2, 0) is 14.3 Å². The summed E-state index contributed by atoms with van der Waals surface area (Å²) in [6, 6.07) is -0.137. The lowest BCUT2D eigenvalue weighted by Gasteiger charge is -2.36. The molecule has 6 heteroatoms. The monoisotopic (exact) mass is 369 g/mol. The molecule has 26 heavy (non-hydrogen) atoms. The Bertz CT molecular complexity index is 505. The number of carboxylic acid groups (broad SMARTS) is 1. The summed E-state index contributed by atoms with van der Waals surface area (Å²) in [6.07, 6.45) is 6.75. The zero-order valence-electron chi connectivity index (χ0n) is 16.9. The molecule has 150 valence electrons. The Hall–Kier alpha value is -1.30. The Balaban J connectivity index is 2.20. The van der Waals surface area contributed by atoms with Crippen molar-refractivity contribution in [2.75, 3.05) is 0 Å². The van der Waals surface area contributed by atoms with Crippen molar-refractivity contribution in [3.8, 4) is 0 Å². The van der Waals surface area contributed by atoms with Crippen LogP contribution in [0.3, 0.4) is 0 Å². The molecular formula is C20H35NO5. The highest BCUT2D eigenvalue weighted by Gasteiger charge is 2.51. The van der Waals surface area contributed by atoms with Crippen molar-refractivity contribution in [1.29, 1.82) is 0 Å². The quantitative estimate of drug-likeness (QED) is 0.768. The molecule has 0 spiro atoms. The van der Waals surface area contributed by atoms with Gasteiger partial charge in [0.2, 0.25) is 0 Å². The molecule has 1 aliphatic carbocycles. The van der Waals surface area contributed by atoms with Crippen LogP contribution >= 0.6 is 0 Å². The zero-order chi connectivity index (χ0) is 19.5. The molecule has 0 unspecified atom stereocenters. The molecule has 2 fully saturated rings. The number of ether oxygens (including phenoxy) is 2. The molecule has 6 nitrogen and oxygen atoms in total. The Kier molecular flexibility index (Phi) is 6.59. The van der Waals surface area contributed by atoms with Gasteiger partial charge in [-0.1, -0.05) is 32.1 Å². The summed E-state index contributed by atoms with van der Waals surface area (Å²) in [6.45, 7) is 9.30. The third-order valence-corrected chi connectivity index (χ3v) is 5.31. The summed E-state index contributed by atoms with van der Waals surface area (Å²) in [5.41, 5.74) is -1.38. The molecule has 0 radical (unpaired) electrons. The number of hydrogen-bond acceptors (Lipinski definition) is 4. The Morgan fingerprint density at radius 2 is 1.81 bits per heavy atom. The lowest BCUT2D eigenvalue weighted by Crippen LogP contribution is -2.50. The molecule has 1 amide bonds. The normalized spacial score (nSPS) is 26.7. The SMILES string of the molecule is CC(C)(C)OC(=O)N1[C@@H](CC2CCCCC2)[C@@H](CCC(=O)O)OC1(C)C. The first-order chi connectivity index (χ1) is 12.0. The maximum atomic E-state index is 12.9. The van der Waals surface area contributed by atoms with E-state index in [4.69, 9.17) is 14.6 Å². The van der Waals surface area contributed by atoms with E-state index in [-0.39, 0.29) is 24.7 Å². The maximum absolute atomic E-state index is 12.9. The molecule has 1 saturated carbocycles. The van der Waals surface area contributed by atoms with Gasteiger partial charge in [-0.2, -0.15) is 0 Å². The van der Waals surface area contributed by atoms with Crippen LogP contribution in [0.4, 0.5) is 4.79 Å². The molecule has 0 bridgehead atoms. The van der Waals surface area contributed by atoms with E-state index in [0.29, 0.717) is 12.3 Å². The van der Waals surface area contributed by atoms with Gasteiger partial charge in [0.1, 0.15) is 11.3 Å². The average Bonchev–Trinajstić information content (AvgIpc) is 2.74. The molecule has 1 aliphatic heterocycles. The largest absolute Gasteiger partial charge is 0.481 e. The lowest BCUT2D eigenvalue weighted by molar-refractivity contribution is -0.138. The van der Waals surface area contributed by atoms with E-state index >= 15 is 0 Å². The summed E-state index contributed by atoms with van der Waals surface area (Å²) >= 11 is 0. The minimum absolute atomic E-state index is 0.0457. The van der Waals surface area contributed by atoms with Crippen LogP contribution in [0.15, 0.2) is 0 Å². The van der Waals surface area contributed by atoms with E-state index in [1.807, 2.05) is 34.6 Å². The smallest absolute Gasteiger partial charge is 0.412 e. The molecule has 1 heterocycles. The van der Waals surface area contributed by atoms with E-state index in [1.54, 1.807) is 4.90 Å². The molecule has 1 saturated heterocycles. The van der Waals surface area contributed by atoms with Crippen molar-refractivity contribution in [1.82, 2.24) is 4.90 Å². The first-order valence-corrected chi connectivity index (χ1v) is 9.91. The number of carboxylic acids is 1. The van der Waals surface area contributed by atoms with Gasteiger partial charge in [-0.25, -0.2) is 4.79 Å². The van der Waals surface area contributed by atoms with Gasteiger partial charge in [0.15, 0.2) is 0 Å². The van der Waals surface area contributed by atoms with Crippen molar-refractivity contribution in [2.24, 2.45) is 5.92 Å². The van der Waals surface area contributed by atoms with Crippen molar-refractivity contribution in [2.45, 2.75) is 109 Å². The van der Waals surface area contributed by atoms with Gasteiger partial charge in [0.05, 0.1) is 12.1 Å². The Morgan fingerprint density at radius 3 is 2.35 bits per heavy atom. The molecule has 2 rings (SSSR count). The van der Waals surface area contributed by atoms with Gasteiger partial charge in [0, 0.05) is 6.42 Å².